The first-order chi connectivity index (χ1) is 10.7. The van der Waals surface area contributed by atoms with E-state index in [2.05, 4.69) is 5.10 Å². The van der Waals surface area contributed by atoms with Crippen molar-refractivity contribution in [2.75, 3.05) is 6.61 Å². The Labute approximate surface area is 143 Å². The van der Waals surface area contributed by atoms with Crippen molar-refractivity contribution in [3.63, 3.8) is 0 Å². The summed E-state index contributed by atoms with van der Waals surface area (Å²) in [7, 11) is 0. The van der Waals surface area contributed by atoms with Crippen LogP contribution in [0.1, 0.15) is 22.8 Å². The summed E-state index contributed by atoms with van der Waals surface area (Å²) in [6.07, 6.45) is -3.58. The highest BCUT2D eigenvalue weighted by molar-refractivity contribution is 6.37. The van der Waals surface area contributed by atoms with Crippen LogP contribution < -0.4 is 11.7 Å². The fourth-order valence-electron chi connectivity index (χ4n) is 1.83. The summed E-state index contributed by atoms with van der Waals surface area (Å²) in [6, 6.07) is 1.28. The molecule has 0 saturated carbocycles. The minimum atomic E-state index is -4.64. The Hall–Kier alpha value is -1.97. The van der Waals surface area contributed by atoms with E-state index in [4.69, 9.17) is 27.9 Å². The van der Waals surface area contributed by atoms with Gasteiger partial charge in [0.2, 0.25) is 0 Å². The molecule has 1 aromatic heterocycles. The number of ether oxygens (including phenoxy) is 1. The minimum Gasteiger partial charge on any atom is -0.462 e. The molecule has 4 N–H and O–H groups in total. The number of hydrogen-bond acceptors (Lipinski definition) is 4. The maximum atomic E-state index is 12.7. The molecule has 0 atom stereocenters. The molecule has 24 heavy (non-hydrogen) atoms. The number of H-pyrrole nitrogens is 1. The molecule has 1 aromatic carbocycles. The molecule has 1 heterocycles. The Balaban J connectivity index is 0.00000288. The summed E-state index contributed by atoms with van der Waals surface area (Å²) in [6.45, 7) is 1.62. The number of aromatic nitrogens is 2. The lowest BCUT2D eigenvalue weighted by atomic mass is 10.2. The number of aromatic amines is 1. The number of rotatable bonds is 3. The van der Waals surface area contributed by atoms with Crippen LogP contribution in [-0.4, -0.2) is 22.4 Å². The Kier molecular flexibility index (Phi) is 6.09. The molecule has 0 saturated heterocycles. The van der Waals surface area contributed by atoms with Gasteiger partial charge in [-0.3, -0.25) is 9.89 Å². The lowest BCUT2D eigenvalue weighted by Gasteiger charge is -2.12. The molecule has 0 amide bonds. The standard InChI is InChI=1S/C13H9Cl2F3N2O3.H3N/c1-2-23-12(22)7-5-19-20(11(7)21)10-8(14)3-6(4-9(10)15)13(16,17)18;/h3-5,19H,2H2,1H3;1H3. The molecule has 0 fully saturated rings. The highest BCUT2D eigenvalue weighted by Crippen LogP contribution is 2.36. The van der Waals surface area contributed by atoms with Crippen molar-refractivity contribution in [3.8, 4) is 5.69 Å². The largest absolute Gasteiger partial charge is 0.462 e. The van der Waals surface area contributed by atoms with Crippen molar-refractivity contribution < 1.29 is 22.7 Å². The molecule has 0 spiro atoms. The third kappa shape index (κ3) is 3.74. The number of hydrogen-bond donors (Lipinski definition) is 2. The van der Waals surface area contributed by atoms with Gasteiger partial charge in [-0.1, -0.05) is 23.2 Å². The summed E-state index contributed by atoms with van der Waals surface area (Å²) < 4.78 is 43.6. The highest BCUT2D eigenvalue weighted by Gasteiger charge is 2.32. The Morgan fingerprint density at radius 2 is 1.83 bits per heavy atom. The van der Waals surface area contributed by atoms with Crippen molar-refractivity contribution in [1.29, 1.82) is 0 Å². The normalized spacial score (nSPS) is 11.1. The molecular weight excluding hydrogens is 374 g/mol. The number of carbonyl (C=O) groups excluding carboxylic acids is 1. The van der Waals surface area contributed by atoms with Crippen LogP contribution in [-0.2, 0) is 10.9 Å². The number of halogens is 5. The van der Waals surface area contributed by atoms with Gasteiger partial charge in [0, 0.05) is 6.20 Å². The van der Waals surface area contributed by atoms with Crippen LogP contribution in [0.5, 0.6) is 0 Å². The fourth-order valence-corrected chi connectivity index (χ4v) is 2.49. The monoisotopic (exact) mass is 385 g/mol. The van der Waals surface area contributed by atoms with Gasteiger partial charge in [-0.15, -0.1) is 0 Å². The molecule has 0 bridgehead atoms. The van der Waals surface area contributed by atoms with Crippen molar-refractivity contribution in [2.45, 2.75) is 13.1 Å². The van der Waals surface area contributed by atoms with Crippen LogP contribution in [0.3, 0.4) is 0 Å². The second-order valence-electron chi connectivity index (χ2n) is 4.33. The van der Waals surface area contributed by atoms with Crippen LogP contribution in [0.4, 0.5) is 13.2 Å². The summed E-state index contributed by atoms with van der Waals surface area (Å²) >= 11 is 11.6. The number of benzene rings is 1. The van der Waals surface area contributed by atoms with E-state index >= 15 is 0 Å². The predicted molar refractivity (Wildman–Crippen MR) is 82.4 cm³/mol. The molecule has 0 aliphatic heterocycles. The molecular formula is C13H12Cl2F3N3O3. The van der Waals surface area contributed by atoms with Gasteiger partial charge in [0.05, 0.1) is 22.2 Å². The second-order valence-corrected chi connectivity index (χ2v) is 5.15. The molecule has 2 aromatic rings. The zero-order valence-electron chi connectivity index (χ0n) is 12.2. The predicted octanol–water partition coefficient (Wildman–Crippen LogP) is 3.83. The third-order valence-electron chi connectivity index (χ3n) is 2.83. The average Bonchev–Trinajstić information content (AvgIpc) is 2.79. The number of alkyl halides is 3. The van der Waals surface area contributed by atoms with Crippen LogP contribution in [0, 0.1) is 0 Å². The van der Waals surface area contributed by atoms with E-state index in [-0.39, 0.29) is 24.0 Å². The van der Waals surface area contributed by atoms with Gasteiger partial charge in [-0.2, -0.15) is 13.2 Å². The fraction of sp³-hybridized carbons (Fsp3) is 0.231. The topological polar surface area (TPSA) is 99.1 Å². The van der Waals surface area contributed by atoms with E-state index in [0.29, 0.717) is 12.1 Å². The van der Waals surface area contributed by atoms with Crippen LogP contribution in [0.2, 0.25) is 10.0 Å². The van der Waals surface area contributed by atoms with E-state index in [1.54, 1.807) is 6.92 Å². The lowest BCUT2D eigenvalue weighted by molar-refractivity contribution is -0.137. The van der Waals surface area contributed by atoms with Gasteiger partial charge in [-0.25, -0.2) is 9.48 Å². The van der Waals surface area contributed by atoms with Gasteiger partial charge < -0.3 is 10.9 Å². The molecule has 0 unspecified atom stereocenters. The number of nitrogens with zero attached hydrogens (tertiary/aromatic N) is 1. The first kappa shape index (κ1) is 20.1. The van der Waals surface area contributed by atoms with Crippen molar-refractivity contribution in [3.05, 3.63) is 49.9 Å². The first-order valence-corrected chi connectivity index (χ1v) is 6.96. The van der Waals surface area contributed by atoms with Crippen LogP contribution in [0.25, 0.3) is 5.69 Å². The van der Waals surface area contributed by atoms with E-state index in [1.807, 2.05) is 0 Å². The van der Waals surface area contributed by atoms with Gasteiger partial charge in [-0.05, 0) is 19.1 Å². The molecule has 132 valence electrons. The highest BCUT2D eigenvalue weighted by atomic mass is 35.5. The maximum Gasteiger partial charge on any atom is 0.416 e. The summed E-state index contributed by atoms with van der Waals surface area (Å²) in [5.74, 6) is -0.869. The molecule has 0 aliphatic carbocycles. The smallest absolute Gasteiger partial charge is 0.416 e. The van der Waals surface area contributed by atoms with E-state index < -0.39 is 33.3 Å². The summed E-state index contributed by atoms with van der Waals surface area (Å²) in [5, 5.41) is 1.62. The lowest BCUT2D eigenvalue weighted by Crippen LogP contribution is -2.22. The zero-order valence-corrected chi connectivity index (χ0v) is 13.7. The Morgan fingerprint density at radius 1 is 1.29 bits per heavy atom. The first-order valence-electron chi connectivity index (χ1n) is 6.21. The quantitative estimate of drug-likeness (QED) is 0.784. The molecule has 0 radical (unpaired) electrons. The minimum absolute atomic E-state index is 0. The molecule has 0 aliphatic rings. The zero-order chi connectivity index (χ0) is 17.4. The molecule has 2 rings (SSSR count). The van der Waals surface area contributed by atoms with Crippen molar-refractivity contribution >= 4 is 29.2 Å². The summed E-state index contributed by atoms with van der Waals surface area (Å²) in [5.41, 5.74) is -2.41. The van der Waals surface area contributed by atoms with Gasteiger partial charge >= 0.3 is 12.1 Å². The number of carbonyl (C=O) groups is 1. The van der Waals surface area contributed by atoms with Gasteiger partial charge in [0.15, 0.2) is 0 Å². The Bertz CT molecular complexity index is 792. The number of esters is 1. The third-order valence-corrected chi connectivity index (χ3v) is 3.41. The second kappa shape index (κ2) is 7.29. The number of nitrogens with one attached hydrogen (secondary N) is 1. The average molecular weight is 386 g/mol. The summed E-state index contributed by atoms with van der Waals surface area (Å²) in [4.78, 5) is 23.8. The van der Waals surface area contributed by atoms with Crippen molar-refractivity contribution in [2.24, 2.45) is 0 Å². The van der Waals surface area contributed by atoms with Gasteiger partial charge in [0.1, 0.15) is 11.3 Å². The van der Waals surface area contributed by atoms with E-state index in [0.717, 1.165) is 10.9 Å². The SMILES string of the molecule is CCOC(=O)c1c[nH]n(-c2c(Cl)cc(C(F)(F)F)cc2Cl)c1=O.N. The Morgan fingerprint density at radius 3 is 2.29 bits per heavy atom. The molecule has 11 heteroatoms. The van der Waals surface area contributed by atoms with Crippen molar-refractivity contribution in [1.82, 2.24) is 15.9 Å². The van der Waals surface area contributed by atoms with E-state index in [1.165, 1.54) is 0 Å². The maximum absolute atomic E-state index is 12.7. The van der Waals surface area contributed by atoms with Crippen LogP contribution >= 0.6 is 23.2 Å². The van der Waals surface area contributed by atoms with Gasteiger partial charge in [0.25, 0.3) is 5.56 Å². The molecule has 6 nitrogen and oxygen atoms in total. The van der Waals surface area contributed by atoms with Crippen LogP contribution in [0.15, 0.2) is 23.1 Å². The van der Waals surface area contributed by atoms with E-state index in [9.17, 15) is 22.8 Å².